The first-order chi connectivity index (χ1) is 30.7. The standard InChI is InChI=1S/C52H46N8O5/c1-50(2,3)27-10-14-32-36(21-27)44-53-40(32)55-45-38-23-29(52(7,8)9)12-16-34(38)42(57-45)59-47-39-24-30(65-31-19-25(48(61)62)18-26(20-31)49(63)64)13-17-35(39)43(60-47)58-46-37-22-28(51(4,5)6)11-15-33(37)41(54-44)56-46/h10-24H,1-9H3,(H,61,62)(H,63,64)(H2,53,54,55,56,57,58,59,60). The summed E-state index contributed by atoms with van der Waals surface area (Å²) in [6.45, 7) is 19.6. The molecular formula is C52H46N8O5. The highest BCUT2D eigenvalue weighted by Gasteiger charge is 2.26. The molecule has 0 radical (unpaired) electrons. The summed E-state index contributed by atoms with van der Waals surface area (Å²) in [6, 6.07) is 27.9. The van der Waals surface area contributed by atoms with Crippen LogP contribution in [-0.2, 0) is 16.2 Å². The Morgan fingerprint density at radius 3 is 1.25 bits per heavy atom. The number of aromatic carboxylic acids is 2. The molecule has 0 saturated heterocycles. The molecule has 5 aromatic carbocycles. The van der Waals surface area contributed by atoms with E-state index in [1.54, 1.807) is 12.1 Å². The number of aromatic nitrogens is 8. The van der Waals surface area contributed by atoms with Gasteiger partial charge in [0.15, 0.2) is 23.3 Å². The summed E-state index contributed by atoms with van der Waals surface area (Å²) in [5, 5.41) is 22.9. The van der Waals surface area contributed by atoms with Gasteiger partial charge in [0.25, 0.3) is 0 Å². The first kappa shape index (κ1) is 41.2. The van der Waals surface area contributed by atoms with Crippen LogP contribution in [0.15, 0.2) is 91.0 Å². The minimum Gasteiger partial charge on any atom is -0.478 e. The van der Waals surface area contributed by atoms with Crippen molar-refractivity contribution in [1.29, 1.82) is 0 Å². The second-order valence-electron chi connectivity index (χ2n) is 19.8. The second-order valence-corrected chi connectivity index (χ2v) is 19.8. The molecule has 0 spiro atoms. The Morgan fingerprint density at radius 1 is 0.415 bits per heavy atom. The highest BCUT2D eigenvalue weighted by molar-refractivity contribution is 6.07. The lowest BCUT2D eigenvalue weighted by atomic mass is 9.85. The number of carboxylic acids is 2. The first-order valence-electron chi connectivity index (χ1n) is 21.4. The van der Waals surface area contributed by atoms with Crippen LogP contribution >= 0.6 is 0 Å². The van der Waals surface area contributed by atoms with Crippen molar-refractivity contribution in [3.8, 4) is 57.1 Å². The largest absolute Gasteiger partial charge is 0.478 e. The van der Waals surface area contributed by atoms with Crippen LogP contribution < -0.4 is 4.74 Å². The van der Waals surface area contributed by atoms with Crippen LogP contribution in [0.2, 0.25) is 0 Å². The van der Waals surface area contributed by atoms with Crippen LogP contribution in [0.4, 0.5) is 0 Å². The minimum absolute atomic E-state index is 0.0430. The zero-order valence-electron chi connectivity index (χ0n) is 37.5. The highest BCUT2D eigenvalue weighted by atomic mass is 16.5. The average molecular weight is 863 g/mol. The summed E-state index contributed by atoms with van der Waals surface area (Å²) in [6.07, 6.45) is 0. The van der Waals surface area contributed by atoms with E-state index < -0.39 is 11.9 Å². The van der Waals surface area contributed by atoms with Gasteiger partial charge in [-0.3, -0.25) is 0 Å². The fourth-order valence-electron chi connectivity index (χ4n) is 8.28. The van der Waals surface area contributed by atoms with E-state index in [4.69, 9.17) is 34.6 Å². The number of hydrogen-bond donors (Lipinski definition) is 4. The van der Waals surface area contributed by atoms with Crippen molar-refractivity contribution in [2.24, 2.45) is 0 Å². The highest BCUT2D eigenvalue weighted by Crippen LogP contribution is 2.41. The number of aromatic amines is 2. The van der Waals surface area contributed by atoms with Gasteiger partial charge in [0.2, 0.25) is 0 Å². The predicted octanol–water partition coefficient (Wildman–Crippen LogP) is 12.0. The van der Waals surface area contributed by atoms with Crippen molar-refractivity contribution < 1.29 is 24.5 Å². The van der Waals surface area contributed by atoms with Crippen LogP contribution in [-0.4, -0.2) is 62.0 Å². The zero-order valence-corrected chi connectivity index (χ0v) is 37.5. The number of nitrogens with one attached hydrogen (secondary N) is 2. The molecule has 65 heavy (non-hydrogen) atoms. The van der Waals surface area contributed by atoms with Crippen LogP contribution in [0.3, 0.4) is 0 Å². The molecule has 2 aliphatic heterocycles. The molecule has 0 unspecified atom stereocenters. The molecule has 2 aliphatic rings. The molecule has 324 valence electrons. The third kappa shape index (κ3) is 7.32. The van der Waals surface area contributed by atoms with Gasteiger partial charge < -0.3 is 24.9 Å². The summed E-state index contributed by atoms with van der Waals surface area (Å²) in [7, 11) is 0. The van der Waals surface area contributed by atoms with Gasteiger partial charge in [-0.2, -0.15) is 0 Å². The maximum atomic E-state index is 11.9. The van der Waals surface area contributed by atoms with Crippen molar-refractivity contribution in [3.05, 3.63) is 119 Å². The van der Waals surface area contributed by atoms with Gasteiger partial charge in [-0.15, -0.1) is 0 Å². The number of nitrogens with zero attached hydrogens (tertiary/aromatic N) is 6. The van der Waals surface area contributed by atoms with E-state index in [9.17, 15) is 19.8 Å². The second kappa shape index (κ2) is 14.4. The van der Waals surface area contributed by atoms with E-state index in [0.29, 0.717) is 62.8 Å². The lowest BCUT2D eigenvalue weighted by molar-refractivity contribution is 0.0696. The molecule has 5 heterocycles. The maximum absolute atomic E-state index is 11.9. The number of fused-ring (bicyclic) bond motifs is 20. The number of hydrogen-bond acceptors (Lipinski definition) is 9. The van der Waals surface area contributed by atoms with E-state index in [1.165, 1.54) is 12.1 Å². The summed E-state index contributed by atoms with van der Waals surface area (Å²) in [4.78, 5) is 62.1. The minimum atomic E-state index is -1.28. The van der Waals surface area contributed by atoms with E-state index in [0.717, 1.165) is 55.4 Å². The van der Waals surface area contributed by atoms with Crippen molar-refractivity contribution in [2.75, 3.05) is 0 Å². The molecule has 8 bridgehead atoms. The zero-order chi connectivity index (χ0) is 45.9. The first-order valence-corrected chi connectivity index (χ1v) is 21.4. The van der Waals surface area contributed by atoms with E-state index >= 15 is 0 Å². The van der Waals surface area contributed by atoms with E-state index in [1.807, 2.05) is 12.1 Å². The fraction of sp³-hybridized carbons (Fsp3) is 0.231. The van der Waals surface area contributed by atoms with Gasteiger partial charge in [-0.05, 0) is 87.5 Å². The molecule has 0 saturated carbocycles. The topological polar surface area (TPSA) is 193 Å². The quantitative estimate of drug-likeness (QED) is 0.132. The Bertz CT molecular complexity index is 3490. The molecule has 8 aromatic rings. The molecule has 13 heteroatoms. The Hall–Kier alpha value is -7.80. The molecule has 10 rings (SSSR count). The van der Waals surface area contributed by atoms with Crippen molar-refractivity contribution >= 4 is 56.1 Å². The van der Waals surface area contributed by atoms with Gasteiger partial charge in [0, 0.05) is 43.8 Å². The summed E-state index contributed by atoms with van der Waals surface area (Å²) in [5.74, 6) is -0.456. The summed E-state index contributed by atoms with van der Waals surface area (Å²) >= 11 is 0. The predicted molar refractivity (Wildman–Crippen MR) is 253 cm³/mol. The molecule has 0 atom stereocenters. The number of carboxylic acid groups (broad SMARTS) is 2. The Morgan fingerprint density at radius 2 is 0.800 bits per heavy atom. The van der Waals surface area contributed by atoms with Crippen LogP contribution in [0.25, 0.3) is 89.7 Å². The van der Waals surface area contributed by atoms with Crippen molar-refractivity contribution in [1.82, 2.24) is 39.9 Å². The molecule has 13 nitrogen and oxygen atoms in total. The molecule has 0 fully saturated rings. The van der Waals surface area contributed by atoms with Gasteiger partial charge in [-0.25, -0.2) is 39.5 Å². The lowest BCUT2D eigenvalue weighted by Gasteiger charge is -2.19. The van der Waals surface area contributed by atoms with Crippen molar-refractivity contribution in [3.63, 3.8) is 0 Å². The van der Waals surface area contributed by atoms with Crippen LogP contribution in [0, 0.1) is 0 Å². The Balaban J connectivity index is 1.30. The van der Waals surface area contributed by atoms with Crippen LogP contribution in [0.1, 0.15) is 99.7 Å². The molecule has 4 N–H and O–H groups in total. The normalized spacial score (nSPS) is 12.6. The van der Waals surface area contributed by atoms with Gasteiger partial charge in [-0.1, -0.05) is 98.7 Å². The SMILES string of the molecule is CC(C)(C)c1ccc2c(c1)-c1nc-2nc2[nH]c(nc3nc(nc4[nH]c(n1)c1ccc(C(C)(C)C)cc41)-c1ccc(Oc4cc(C(=O)O)cc(C(=O)O)c4)cc1-3)c1ccc(C(C)(C)C)cc21. The van der Waals surface area contributed by atoms with Crippen LogP contribution in [0.5, 0.6) is 11.5 Å². The molecule has 0 amide bonds. The monoisotopic (exact) mass is 862 g/mol. The lowest BCUT2D eigenvalue weighted by Crippen LogP contribution is -2.10. The maximum Gasteiger partial charge on any atom is 0.335 e. The van der Waals surface area contributed by atoms with Crippen molar-refractivity contribution in [2.45, 2.75) is 78.6 Å². The van der Waals surface area contributed by atoms with Gasteiger partial charge >= 0.3 is 11.9 Å². The average Bonchev–Trinajstić information content (AvgIpc) is 3.97. The molecular weight excluding hydrogens is 817 g/mol. The molecule has 0 aliphatic carbocycles. The van der Waals surface area contributed by atoms with Gasteiger partial charge in [0.1, 0.15) is 34.1 Å². The summed E-state index contributed by atoms with van der Waals surface area (Å²) < 4.78 is 6.18. The van der Waals surface area contributed by atoms with Gasteiger partial charge in [0.05, 0.1) is 11.1 Å². The third-order valence-corrected chi connectivity index (χ3v) is 12.0. The Kier molecular flexibility index (Phi) is 9.11. The third-order valence-electron chi connectivity index (χ3n) is 12.0. The summed E-state index contributed by atoms with van der Waals surface area (Å²) in [5.41, 5.74) is 7.69. The van der Waals surface area contributed by atoms with E-state index in [2.05, 4.69) is 121 Å². The smallest absolute Gasteiger partial charge is 0.335 e. The number of ether oxygens (including phenoxy) is 1. The number of carbonyl (C=O) groups is 2. The molecule has 3 aromatic heterocycles. The number of H-pyrrole nitrogens is 2. The Labute approximate surface area is 373 Å². The van der Waals surface area contributed by atoms with E-state index in [-0.39, 0.29) is 33.1 Å². The number of rotatable bonds is 4. The fourth-order valence-corrected chi connectivity index (χ4v) is 8.28. The number of benzene rings is 5.